The van der Waals surface area contributed by atoms with Crippen molar-refractivity contribution in [2.75, 3.05) is 20.1 Å². The molecule has 0 spiro atoms. The number of benzene rings is 1. The van der Waals surface area contributed by atoms with Crippen LogP contribution in [-0.4, -0.2) is 40.5 Å². The van der Waals surface area contributed by atoms with Crippen molar-refractivity contribution in [3.8, 4) is 0 Å². The fourth-order valence-electron chi connectivity index (χ4n) is 3.89. The van der Waals surface area contributed by atoms with Gasteiger partial charge in [0.15, 0.2) is 0 Å². The molecule has 1 atom stereocenters. The van der Waals surface area contributed by atoms with Gasteiger partial charge in [-0.15, -0.1) is 0 Å². The predicted octanol–water partition coefficient (Wildman–Crippen LogP) is 2.90. The number of nitrogens with zero attached hydrogens (tertiary/aromatic N) is 3. The molecule has 5 heteroatoms. The lowest BCUT2D eigenvalue weighted by atomic mass is 9.71. The van der Waals surface area contributed by atoms with Gasteiger partial charge in [-0.2, -0.15) is 0 Å². The Hall–Kier alpha value is -2.14. The van der Waals surface area contributed by atoms with E-state index in [4.69, 9.17) is 0 Å². The second-order valence-corrected chi connectivity index (χ2v) is 7.84. The maximum Gasteiger partial charge on any atom is 0.231 e. The number of hydrogen-bond donors (Lipinski definition) is 1. The third kappa shape index (κ3) is 3.54. The third-order valence-electron chi connectivity index (χ3n) is 5.69. The van der Waals surface area contributed by atoms with Crippen LogP contribution in [0, 0.1) is 5.92 Å². The zero-order valence-corrected chi connectivity index (χ0v) is 16.3. The lowest BCUT2D eigenvalue weighted by molar-refractivity contribution is -0.129. The van der Waals surface area contributed by atoms with Crippen LogP contribution in [0.3, 0.4) is 0 Å². The molecule has 0 bridgehead atoms. The molecular formula is C21H30N4O. The van der Waals surface area contributed by atoms with E-state index in [1.165, 1.54) is 0 Å². The highest BCUT2D eigenvalue weighted by Crippen LogP contribution is 2.36. The third-order valence-corrected chi connectivity index (χ3v) is 5.69. The van der Waals surface area contributed by atoms with Gasteiger partial charge in [-0.25, -0.2) is 4.98 Å². The van der Waals surface area contributed by atoms with Gasteiger partial charge in [0.05, 0.1) is 11.5 Å². The predicted molar refractivity (Wildman–Crippen MR) is 104 cm³/mol. The van der Waals surface area contributed by atoms with Crippen molar-refractivity contribution < 1.29 is 4.79 Å². The Bertz CT molecular complexity index is 729. The average Bonchev–Trinajstić information content (AvgIpc) is 3.06. The number of aryl methyl sites for hydroxylation is 1. The van der Waals surface area contributed by atoms with Crippen molar-refractivity contribution in [1.29, 1.82) is 0 Å². The molecule has 1 aliphatic heterocycles. The van der Waals surface area contributed by atoms with E-state index in [-0.39, 0.29) is 17.9 Å². The number of hydrogen-bond acceptors (Lipinski definition) is 3. The maximum atomic E-state index is 13.6. The second-order valence-electron chi connectivity index (χ2n) is 7.84. The summed E-state index contributed by atoms with van der Waals surface area (Å²) in [6, 6.07) is 10.2. The van der Waals surface area contributed by atoms with Crippen LogP contribution in [0.4, 0.5) is 0 Å². The molecule has 1 N–H and O–H groups in total. The summed E-state index contributed by atoms with van der Waals surface area (Å²) in [5.74, 6) is 1.29. The lowest BCUT2D eigenvalue weighted by Crippen LogP contribution is -2.52. The zero-order valence-electron chi connectivity index (χ0n) is 16.3. The van der Waals surface area contributed by atoms with E-state index >= 15 is 0 Å². The SMILES string of the molecule is CC(C)[C@H](NC(=O)C1(c2ccccc2)CCN(C)CC1)c1nccn1C. The van der Waals surface area contributed by atoms with Crippen molar-refractivity contribution in [1.82, 2.24) is 19.8 Å². The molecule has 2 heterocycles. The van der Waals surface area contributed by atoms with E-state index in [2.05, 4.69) is 48.2 Å². The summed E-state index contributed by atoms with van der Waals surface area (Å²) in [4.78, 5) is 20.4. The molecule has 2 aromatic rings. The molecule has 3 rings (SSSR count). The molecule has 1 aromatic carbocycles. The quantitative estimate of drug-likeness (QED) is 0.898. The van der Waals surface area contributed by atoms with Crippen molar-refractivity contribution in [2.24, 2.45) is 13.0 Å². The van der Waals surface area contributed by atoms with Gasteiger partial charge in [-0.05, 0) is 44.5 Å². The first kappa shape index (κ1) is 18.6. The monoisotopic (exact) mass is 354 g/mol. The molecule has 0 unspecified atom stereocenters. The summed E-state index contributed by atoms with van der Waals surface area (Å²) in [5, 5.41) is 3.34. The van der Waals surface area contributed by atoms with Gasteiger partial charge in [0.1, 0.15) is 5.82 Å². The van der Waals surface area contributed by atoms with Crippen LogP contribution in [0.15, 0.2) is 42.7 Å². The largest absolute Gasteiger partial charge is 0.345 e. The molecule has 1 amide bonds. The Labute approximate surface area is 156 Å². The van der Waals surface area contributed by atoms with Gasteiger partial charge in [-0.1, -0.05) is 44.2 Å². The van der Waals surface area contributed by atoms with E-state index in [0.29, 0.717) is 0 Å². The van der Waals surface area contributed by atoms with Gasteiger partial charge in [0.25, 0.3) is 0 Å². The number of carbonyl (C=O) groups is 1. The summed E-state index contributed by atoms with van der Waals surface area (Å²) >= 11 is 0. The van der Waals surface area contributed by atoms with E-state index < -0.39 is 5.41 Å². The lowest BCUT2D eigenvalue weighted by Gasteiger charge is -2.41. The molecule has 1 aliphatic rings. The fraction of sp³-hybridized carbons (Fsp3) is 0.524. The Morgan fingerprint density at radius 3 is 2.35 bits per heavy atom. The Kier molecular flexibility index (Phi) is 5.47. The molecule has 1 fully saturated rings. The number of piperidine rings is 1. The molecule has 140 valence electrons. The molecular weight excluding hydrogens is 324 g/mol. The van der Waals surface area contributed by atoms with Crippen molar-refractivity contribution in [3.05, 3.63) is 54.1 Å². The van der Waals surface area contributed by atoms with E-state index in [1.54, 1.807) is 6.20 Å². The summed E-state index contributed by atoms with van der Waals surface area (Å²) in [6.07, 6.45) is 5.40. The van der Waals surface area contributed by atoms with Crippen LogP contribution in [0.1, 0.15) is 44.1 Å². The molecule has 1 saturated heterocycles. The van der Waals surface area contributed by atoms with Gasteiger partial charge < -0.3 is 14.8 Å². The Balaban J connectivity index is 1.92. The van der Waals surface area contributed by atoms with Crippen LogP contribution in [0.5, 0.6) is 0 Å². The number of rotatable bonds is 5. The highest BCUT2D eigenvalue weighted by atomic mass is 16.2. The first-order valence-corrected chi connectivity index (χ1v) is 9.46. The highest BCUT2D eigenvalue weighted by Gasteiger charge is 2.43. The van der Waals surface area contributed by atoms with Crippen molar-refractivity contribution in [3.63, 3.8) is 0 Å². The minimum atomic E-state index is -0.466. The number of nitrogens with one attached hydrogen (secondary N) is 1. The topological polar surface area (TPSA) is 50.2 Å². The van der Waals surface area contributed by atoms with E-state index in [9.17, 15) is 4.79 Å². The van der Waals surface area contributed by atoms with Crippen LogP contribution in [0.25, 0.3) is 0 Å². The van der Waals surface area contributed by atoms with Gasteiger partial charge in [0, 0.05) is 19.4 Å². The summed E-state index contributed by atoms with van der Waals surface area (Å²) in [5.41, 5.74) is 0.652. The standard InChI is InChI=1S/C21H30N4O/c1-16(2)18(19-22-12-15-25(19)4)23-20(26)21(10-13-24(3)14-11-21)17-8-6-5-7-9-17/h5-9,12,15-16,18H,10-11,13-14H2,1-4H3,(H,23,26)/t18-/m0/s1. The van der Waals surface area contributed by atoms with Crippen LogP contribution < -0.4 is 5.32 Å². The first-order valence-electron chi connectivity index (χ1n) is 9.46. The number of carbonyl (C=O) groups excluding carboxylic acids is 1. The fourth-order valence-corrected chi connectivity index (χ4v) is 3.89. The van der Waals surface area contributed by atoms with Crippen molar-refractivity contribution in [2.45, 2.75) is 38.1 Å². The van der Waals surface area contributed by atoms with Crippen molar-refractivity contribution >= 4 is 5.91 Å². The minimum Gasteiger partial charge on any atom is -0.345 e. The summed E-state index contributed by atoms with van der Waals surface area (Å²) < 4.78 is 1.99. The Morgan fingerprint density at radius 1 is 1.15 bits per heavy atom. The van der Waals surface area contributed by atoms with E-state index in [0.717, 1.165) is 37.3 Å². The average molecular weight is 354 g/mol. The van der Waals surface area contributed by atoms with Gasteiger partial charge in [-0.3, -0.25) is 4.79 Å². The van der Waals surface area contributed by atoms with Crippen LogP contribution in [-0.2, 0) is 17.3 Å². The second kappa shape index (κ2) is 7.62. The number of amides is 1. The first-order chi connectivity index (χ1) is 12.4. The van der Waals surface area contributed by atoms with Crippen LogP contribution in [0.2, 0.25) is 0 Å². The highest BCUT2D eigenvalue weighted by molar-refractivity contribution is 5.88. The molecule has 1 aromatic heterocycles. The summed E-state index contributed by atoms with van der Waals surface area (Å²) in [6.45, 7) is 6.11. The number of imidazole rings is 1. The van der Waals surface area contributed by atoms with Gasteiger partial charge >= 0.3 is 0 Å². The molecule has 0 saturated carbocycles. The summed E-state index contributed by atoms with van der Waals surface area (Å²) in [7, 11) is 4.10. The van der Waals surface area contributed by atoms with Crippen LogP contribution >= 0.6 is 0 Å². The smallest absolute Gasteiger partial charge is 0.231 e. The molecule has 0 radical (unpaired) electrons. The zero-order chi connectivity index (χ0) is 18.7. The number of aromatic nitrogens is 2. The Morgan fingerprint density at radius 2 is 1.81 bits per heavy atom. The minimum absolute atomic E-state index is 0.0947. The van der Waals surface area contributed by atoms with E-state index in [1.807, 2.05) is 36.0 Å². The maximum absolute atomic E-state index is 13.6. The molecule has 0 aliphatic carbocycles. The molecule has 26 heavy (non-hydrogen) atoms. The molecule has 5 nitrogen and oxygen atoms in total. The van der Waals surface area contributed by atoms with Gasteiger partial charge in [0.2, 0.25) is 5.91 Å². The normalized spacial score (nSPS) is 18.7. The number of likely N-dealkylation sites (tertiary alicyclic amines) is 1.